The van der Waals surface area contributed by atoms with Gasteiger partial charge in [0, 0.05) is 35.7 Å². The van der Waals surface area contributed by atoms with E-state index in [0.717, 1.165) is 25.3 Å². The van der Waals surface area contributed by atoms with Gasteiger partial charge >= 0.3 is 6.18 Å². The summed E-state index contributed by atoms with van der Waals surface area (Å²) in [5.74, 6) is -8.34. The molecule has 2 atom stereocenters. The van der Waals surface area contributed by atoms with E-state index >= 15 is 8.78 Å². The largest absolute Gasteiger partial charge is 0.435 e. The van der Waals surface area contributed by atoms with Gasteiger partial charge < -0.3 is 5.32 Å². The third-order valence-corrected chi connectivity index (χ3v) is 9.57. The van der Waals surface area contributed by atoms with Gasteiger partial charge in [0.15, 0.2) is 11.5 Å². The van der Waals surface area contributed by atoms with Crippen molar-refractivity contribution in [1.29, 1.82) is 0 Å². The van der Waals surface area contributed by atoms with Crippen LogP contribution in [0.1, 0.15) is 41.2 Å². The number of carbonyl (C=O) groups excluding carboxylic acids is 1. The number of alkyl halides is 5. The van der Waals surface area contributed by atoms with Crippen LogP contribution >= 0.6 is 23.2 Å². The summed E-state index contributed by atoms with van der Waals surface area (Å²) in [6, 6.07) is 7.10. The Morgan fingerprint density at radius 3 is 2.35 bits per heavy atom. The molecule has 6 rings (SSSR count). The number of halogens is 9. The number of amides is 1. The zero-order valence-corrected chi connectivity index (χ0v) is 29.4. The van der Waals surface area contributed by atoms with Crippen LogP contribution in [-0.4, -0.2) is 45.1 Å². The second-order valence-corrected chi connectivity index (χ2v) is 14.9. The van der Waals surface area contributed by atoms with Gasteiger partial charge in [-0.1, -0.05) is 36.2 Å². The molecule has 5 aromatic rings. The average Bonchev–Trinajstić information content (AvgIpc) is 3.61. The van der Waals surface area contributed by atoms with E-state index < -0.39 is 81.5 Å². The minimum Gasteiger partial charge on any atom is -0.346 e. The van der Waals surface area contributed by atoms with Gasteiger partial charge in [-0.2, -0.15) is 32.1 Å². The van der Waals surface area contributed by atoms with Crippen molar-refractivity contribution in [3.8, 4) is 11.1 Å². The van der Waals surface area contributed by atoms with Gasteiger partial charge in [-0.3, -0.25) is 18.9 Å². The lowest BCUT2D eigenvalue weighted by atomic mass is 9.94. The molecule has 52 heavy (non-hydrogen) atoms. The topological polar surface area (TPSA) is 124 Å². The average molecular weight is 793 g/mol. The predicted octanol–water partition coefficient (Wildman–Crippen LogP) is 7.19. The number of anilines is 1. The van der Waals surface area contributed by atoms with E-state index in [-0.39, 0.29) is 50.1 Å². The predicted molar refractivity (Wildman–Crippen MR) is 177 cm³/mol. The highest BCUT2D eigenvalue weighted by Crippen LogP contribution is 2.49. The summed E-state index contributed by atoms with van der Waals surface area (Å²) in [5.41, 5.74) is -2.44. The molecular formula is C32H26Cl2F7N7O3S. The van der Waals surface area contributed by atoms with E-state index in [0.29, 0.717) is 16.3 Å². The smallest absolute Gasteiger partial charge is 0.346 e. The number of carbonyl (C=O) groups is 1. The lowest BCUT2D eigenvalue weighted by Crippen LogP contribution is -2.35. The molecule has 1 amide bonds. The Morgan fingerprint density at radius 2 is 1.71 bits per heavy atom. The molecule has 0 spiro atoms. The number of nitrogens with one attached hydrogen (secondary N) is 2. The molecule has 0 saturated carbocycles. The van der Waals surface area contributed by atoms with Crippen LogP contribution in [0.25, 0.3) is 22.0 Å². The first-order valence-electron chi connectivity index (χ1n) is 15.2. The van der Waals surface area contributed by atoms with Gasteiger partial charge in [0.05, 0.1) is 33.9 Å². The lowest BCUT2D eigenvalue weighted by molar-refractivity contribution is -0.142. The first kappa shape index (κ1) is 37.3. The Hall–Kier alpha value is -4.42. The van der Waals surface area contributed by atoms with Crippen molar-refractivity contribution in [2.24, 2.45) is 13.0 Å². The summed E-state index contributed by atoms with van der Waals surface area (Å²) >= 11 is 12.8. The molecule has 1 aliphatic carbocycles. The molecule has 2 aromatic carbocycles. The van der Waals surface area contributed by atoms with Crippen LogP contribution in [0.4, 0.5) is 36.6 Å². The second-order valence-electron chi connectivity index (χ2n) is 12.4. The molecular weight excluding hydrogens is 766 g/mol. The summed E-state index contributed by atoms with van der Waals surface area (Å²) in [4.78, 5) is 18.0. The molecule has 0 radical (unpaired) electrons. The van der Waals surface area contributed by atoms with Crippen molar-refractivity contribution in [1.82, 2.24) is 29.9 Å². The monoisotopic (exact) mass is 791 g/mol. The minimum atomic E-state index is -5.08. The maximum Gasteiger partial charge on any atom is 0.435 e. The Balaban J connectivity index is 1.48. The molecule has 0 aliphatic heterocycles. The van der Waals surface area contributed by atoms with E-state index in [1.807, 2.05) is 0 Å². The molecule has 0 fully saturated rings. The third kappa shape index (κ3) is 7.15. The van der Waals surface area contributed by atoms with Crippen LogP contribution in [0.3, 0.4) is 0 Å². The molecule has 0 saturated heterocycles. The normalized spacial score (nSPS) is 16.3. The van der Waals surface area contributed by atoms with Gasteiger partial charge in [-0.05, 0) is 48.7 Å². The Bertz CT molecular complexity index is 2340. The van der Waals surface area contributed by atoms with Crippen molar-refractivity contribution < 1.29 is 43.9 Å². The zero-order chi connectivity index (χ0) is 38.1. The first-order chi connectivity index (χ1) is 24.1. The van der Waals surface area contributed by atoms with Crippen LogP contribution in [0.5, 0.6) is 0 Å². The van der Waals surface area contributed by atoms with E-state index in [4.69, 9.17) is 23.2 Å². The molecule has 0 unspecified atom stereocenters. The molecule has 3 aromatic heterocycles. The number of hydrogen-bond acceptors (Lipinski definition) is 6. The van der Waals surface area contributed by atoms with E-state index in [1.165, 1.54) is 29.9 Å². The number of hydrogen-bond donors (Lipinski definition) is 2. The summed E-state index contributed by atoms with van der Waals surface area (Å²) < 4.78 is 129. The summed E-state index contributed by atoms with van der Waals surface area (Å²) in [7, 11) is -2.32. The van der Waals surface area contributed by atoms with E-state index in [1.54, 1.807) is 6.07 Å². The number of aromatic nitrogens is 5. The minimum absolute atomic E-state index is 0.0108. The maximum absolute atomic E-state index is 15.2. The van der Waals surface area contributed by atoms with Crippen molar-refractivity contribution in [3.63, 3.8) is 0 Å². The summed E-state index contributed by atoms with van der Waals surface area (Å²) in [6.07, 6.45) is -5.16. The molecule has 3 heterocycles. The quantitative estimate of drug-likeness (QED) is 0.120. The number of aryl methyl sites for hydroxylation is 1. The number of pyridine rings is 1. The molecule has 10 nitrogen and oxygen atoms in total. The zero-order valence-electron chi connectivity index (χ0n) is 27.1. The van der Waals surface area contributed by atoms with Crippen LogP contribution in [0.2, 0.25) is 10.2 Å². The Kier molecular flexibility index (Phi) is 9.49. The van der Waals surface area contributed by atoms with Crippen LogP contribution in [0.15, 0.2) is 42.5 Å². The number of benzene rings is 2. The molecule has 20 heteroatoms. The molecule has 0 bridgehead atoms. The SMILES string of the molecule is C[C@@H]1Cc2c(C(F)(F)F)nn(CC(=O)N[C@@H](Cc3cc(F)cc(F)c3)c3nc(Cl)ccc3-c3ccc(Cl)c4c(NS(C)(=O)=O)nn(C)c34)c2C1(F)F. The van der Waals surface area contributed by atoms with Crippen molar-refractivity contribution in [2.75, 3.05) is 11.0 Å². The van der Waals surface area contributed by atoms with Gasteiger partial charge in [0.2, 0.25) is 15.9 Å². The van der Waals surface area contributed by atoms with Gasteiger partial charge in [-0.25, -0.2) is 22.2 Å². The fourth-order valence-corrected chi connectivity index (χ4v) is 7.31. The number of rotatable bonds is 9. The molecule has 276 valence electrons. The highest BCUT2D eigenvalue weighted by molar-refractivity contribution is 7.92. The fourth-order valence-electron chi connectivity index (χ4n) is 6.42. The summed E-state index contributed by atoms with van der Waals surface area (Å²) in [6.45, 7) is -0.000680. The molecule has 1 aliphatic rings. The standard InChI is InChI=1S/C32H26Cl2F7N7O3S/c1-14-8-20-28(32(39,40)41)44-48(29(20)31(14,37)38)13-24(49)42-22(11-15-9-16(35)12-17(36)10-15)26-18(5-7-23(34)43-26)19-4-6-21(33)25-27(19)47(2)45-30(25)46-52(3,50)51/h4-7,9-10,12,14,22H,8,11,13H2,1-3H3,(H,42,49)(H,45,46)/t14-,22+/m1/s1. The van der Waals surface area contributed by atoms with Crippen LogP contribution in [-0.2, 0) is 53.4 Å². The fraction of sp³-hybridized carbons (Fsp3) is 0.312. The molecule has 2 N–H and O–H groups in total. The van der Waals surface area contributed by atoms with Crippen molar-refractivity contribution in [3.05, 3.63) is 92.5 Å². The highest BCUT2D eigenvalue weighted by Gasteiger charge is 2.54. The van der Waals surface area contributed by atoms with E-state index in [9.17, 15) is 35.2 Å². The van der Waals surface area contributed by atoms with Crippen molar-refractivity contribution >= 4 is 55.9 Å². The number of fused-ring (bicyclic) bond motifs is 2. The highest BCUT2D eigenvalue weighted by atomic mass is 35.5. The number of nitrogens with zero attached hydrogens (tertiary/aromatic N) is 5. The first-order valence-corrected chi connectivity index (χ1v) is 17.9. The summed E-state index contributed by atoms with van der Waals surface area (Å²) in [5, 5.41) is 10.4. The van der Waals surface area contributed by atoms with Crippen LogP contribution in [0, 0.1) is 17.6 Å². The third-order valence-electron chi connectivity index (χ3n) is 8.49. The Morgan fingerprint density at radius 1 is 1.06 bits per heavy atom. The van der Waals surface area contributed by atoms with E-state index in [2.05, 4.69) is 25.2 Å². The van der Waals surface area contributed by atoms with Crippen LogP contribution < -0.4 is 10.0 Å². The number of sulfonamides is 1. The lowest BCUT2D eigenvalue weighted by Gasteiger charge is -2.23. The maximum atomic E-state index is 15.2. The Labute approximate surface area is 301 Å². The van der Waals surface area contributed by atoms with Crippen molar-refractivity contribution in [2.45, 2.75) is 44.5 Å². The van der Waals surface area contributed by atoms with Gasteiger partial charge in [0.1, 0.15) is 29.0 Å². The van der Waals surface area contributed by atoms with Gasteiger partial charge in [0.25, 0.3) is 5.92 Å². The second kappa shape index (κ2) is 13.2. The van der Waals surface area contributed by atoms with Gasteiger partial charge in [-0.15, -0.1) is 0 Å².